The van der Waals surface area contributed by atoms with Crippen molar-refractivity contribution >= 4 is 17.4 Å². The van der Waals surface area contributed by atoms with E-state index in [4.69, 9.17) is 19.2 Å². The molecule has 1 saturated carbocycles. The fraction of sp³-hybridized carbons (Fsp3) is 0.333. The number of carbonyl (C=O) groups excluding carboxylic acids is 1. The van der Waals surface area contributed by atoms with E-state index in [9.17, 15) is 4.79 Å². The maximum atomic E-state index is 13.4. The minimum absolute atomic E-state index is 0.130. The van der Waals surface area contributed by atoms with Crippen molar-refractivity contribution in [2.24, 2.45) is 0 Å². The predicted octanol–water partition coefficient (Wildman–Crippen LogP) is 7.20. The van der Waals surface area contributed by atoms with Gasteiger partial charge >= 0.3 is 6.09 Å². The zero-order chi connectivity index (χ0) is 28.6. The maximum absolute atomic E-state index is 13.4. The number of aromatic amines is 1. The number of piperidine rings is 1. The zero-order valence-corrected chi connectivity index (χ0v) is 24.7. The van der Waals surface area contributed by atoms with Crippen molar-refractivity contribution in [1.29, 1.82) is 0 Å². The number of imidazole rings is 1. The molecule has 2 fully saturated rings. The van der Waals surface area contributed by atoms with E-state index in [2.05, 4.69) is 33.5 Å². The number of aromatic nitrogens is 2. The second-order valence-electron chi connectivity index (χ2n) is 11.0. The van der Waals surface area contributed by atoms with E-state index in [1.54, 1.807) is 30.5 Å². The maximum Gasteiger partial charge on any atom is 0.419 e. The Kier molecular flexibility index (Phi) is 7.21. The summed E-state index contributed by atoms with van der Waals surface area (Å²) in [5.41, 5.74) is 4.92. The van der Waals surface area contributed by atoms with Crippen molar-refractivity contribution < 1.29 is 19.0 Å². The standard InChI is InChI=1S/C33H34N4O4S/c1-39-26-17-22(32-34-29(21-10-5-3-6-11-21)30(35-32)28-12-9-15-42-28)18-27(40-2)31(26)41-33(38)37-20-23-16-24(37)19-25(23)36-13-7-4-8-14-36/h3,5-6,9-12,15,17-18,20,24-25H,4,7-8,13-14,16,19H2,1-2H3,(H,34,35). The van der Waals surface area contributed by atoms with E-state index in [0.717, 1.165) is 53.3 Å². The third-order valence-electron chi connectivity index (χ3n) is 8.58. The van der Waals surface area contributed by atoms with Gasteiger partial charge in [0.1, 0.15) is 5.82 Å². The molecule has 2 aromatic heterocycles. The quantitative estimate of drug-likeness (QED) is 0.248. The van der Waals surface area contributed by atoms with Gasteiger partial charge in [-0.1, -0.05) is 42.8 Å². The number of carbonyl (C=O) groups is 1. The van der Waals surface area contributed by atoms with Crippen molar-refractivity contribution in [1.82, 2.24) is 19.8 Å². The smallest absolute Gasteiger partial charge is 0.419 e. The Balaban J connectivity index is 1.17. The topological polar surface area (TPSA) is 79.9 Å². The van der Waals surface area contributed by atoms with Crippen LogP contribution in [0, 0.1) is 0 Å². The first-order valence-electron chi connectivity index (χ1n) is 14.5. The van der Waals surface area contributed by atoms with Gasteiger partial charge in [-0.2, -0.15) is 0 Å². The fourth-order valence-electron chi connectivity index (χ4n) is 6.52. The molecule has 1 saturated heterocycles. The first kappa shape index (κ1) is 26.8. The lowest BCUT2D eigenvalue weighted by atomic mass is 10.0. The van der Waals surface area contributed by atoms with Crippen molar-refractivity contribution in [3.63, 3.8) is 0 Å². The first-order valence-corrected chi connectivity index (χ1v) is 15.4. The van der Waals surface area contributed by atoms with E-state index >= 15 is 0 Å². The Morgan fingerprint density at radius 2 is 1.74 bits per heavy atom. The van der Waals surface area contributed by atoms with Crippen molar-refractivity contribution in [3.8, 4) is 50.5 Å². The molecular weight excluding hydrogens is 548 g/mol. The number of hydrogen-bond acceptors (Lipinski definition) is 7. The number of methoxy groups -OCH3 is 2. The van der Waals surface area contributed by atoms with Gasteiger partial charge in [-0.25, -0.2) is 9.78 Å². The Hall–Kier alpha value is -4.08. The van der Waals surface area contributed by atoms with Crippen LogP contribution in [0.2, 0.25) is 0 Å². The molecule has 2 bridgehead atoms. The van der Waals surface area contributed by atoms with Gasteiger partial charge in [0.25, 0.3) is 0 Å². The van der Waals surface area contributed by atoms with Gasteiger partial charge in [-0.3, -0.25) is 9.80 Å². The summed E-state index contributed by atoms with van der Waals surface area (Å²) in [6.07, 6.45) is 7.30. The summed E-state index contributed by atoms with van der Waals surface area (Å²) >= 11 is 1.65. The van der Waals surface area contributed by atoms with Crippen LogP contribution in [0.15, 0.2) is 71.8 Å². The largest absolute Gasteiger partial charge is 0.493 e. The van der Waals surface area contributed by atoms with Gasteiger partial charge in [-0.15, -0.1) is 11.3 Å². The highest BCUT2D eigenvalue weighted by Gasteiger charge is 2.44. The summed E-state index contributed by atoms with van der Waals surface area (Å²) in [5.74, 6) is 1.72. The van der Waals surface area contributed by atoms with Gasteiger partial charge in [0.15, 0.2) is 11.5 Å². The van der Waals surface area contributed by atoms with E-state index in [-0.39, 0.29) is 11.8 Å². The third-order valence-corrected chi connectivity index (χ3v) is 9.46. The highest BCUT2D eigenvalue weighted by atomic mass is 32.1. The number of nitrogens with zero attached hydrogens (tertiary/aromatic N) is 3. The molecule has 42 heavy (non-hydrogen) atoms. The van der Waals surface area contributed by atoms with Gasteiger partial charge in [0.05, 0.1) is 30.5 Å². The summed E-state index contributed by atoms with van der Waals surface area (Å²) in [6.45, 7) is 2.30. The van der Waals surface area contributed by atoms with Crippen molar-refractivity contribution in [2.75, 3.05) is 27.3 Å². The number of hydrogen-bond donors (Lipinski definition) is 1. The van der Waals surface area contributed by atoms with E-state index in [1.807, 2.05) is 42.6 Å². The van der Waals surface area contributed by atoms with Crippen LogP contribution in [0.4, 0.5) is 4.79 Å². The molecule has 4 heterocycles. The second kappa shape index (κ2) is 11.3. The highest BCUT2D eigenvalue weighted by Crippen LogP contribution is 2.45. The number of benzene rings is 2. The van der Waals surface area contributed by atoms with E-state index in [1.165, 1.54) is 24.8 Å². The lowest BCUT2D eigenvalue weighted by Crippen LogP contribution is -2.43. The van der Waals surface area contributed by atoms with Crippen LogP contribution in [-0.2, 0) is 0 Å². The van der Waals surface area contributed by atoms with Crippen molar-refractivity contribution in [2.45, 2.75) is 44.2 Å². The summed E-state index contributed by atoms with van der Waals surface area (Å²) in [4.78, 5) is 27.4. The number of fused-ring (bicyclic) bond motifs is 2. The molecule has 2 aliphatic heterocycles. The molecule has 7 rings (SSSR count). The lowest BCUT2D eigenvalue weighted by Gasteiger charge is -2.36. The molecule has 0 spiro atoms. The summed E-state index contributed by atoms with van der Waals surface area (Å²) in [5, 5.41) is 2.05. The van der Waals surface area contributed by atoms with Crippen LogP contribution < -0.4 is 14.2 Å². The minimum Gasteiger partial charge on any atom is -0.493 e. The van der Waals surface area contributed by atoms with E-state index < -0.39 is 6.09 Å². The fourth-order valence-corrected chi connectivity index (χ4v) is 7.25. The Bertz CT molecular complexity index is 1580. The number of amides is 1. The molecular formula is C33H34N4O4S. The Morgan fingerprint density at radius 1 is 0.976 bits per heavy atom. The Labute approximate surface area is 249 Å². The molecule has 2 atom stereocenters. The minimum atomic E-state index is -0.416. The normalized spacial score (nSPS) is 20.0. The summed E-state index contributed by atoms with van der Waals surface area (Å²) in [6, 6.07) is 18.5. The first-order chi connectivity index (χ1) is 20.6. The average Bonchev–Trinajstić information content (AvgIpc) is 3.86. The molecule has 3 aliphatic rings. The van der Waals surface area contributed by atoms with Gasteiger partial charge in [0.2, 0.25) is 5.75 Å². The van der Waals surface area contributed by atoms with Crippen molar-refractivity contribution in [3.05, 3.63) is 71.8 Å². The molecule has 4 aromatic rings. The summed E-state index contributed by atoms with van der Waals surface area (Å²) in [7, 11) is 3.13. The number of rotatable bonds is 7. The molecule has 1 N–H and O–H groups in total. The monoisotopic (exact) mass is 582 g/mol. The van der Waals surface area contributed by atoms with Gasteiger partial charge in [-0.05, 0) is 67.9 Å². The number of H-pyrrole nitrogens is 1. The summed E-state index contributed by atoms with van der Waals surface area (Å²) < 4.78 is 17.4. The zero-order valence-electron chi connectivity index (χ0n) is 23.8. The molecule has 8 nitrogen and oxygen atoms in total. The van der Waals surface area contributed by atoms with Crippen LogP contribution in [0.1, 0.15) is 32.1 Å². The SMILES string of the molecule is COc1cc(-c2nc(-c3ccccc3)c(-c3cccs3)[nH]2)cc(OC)c1OC(=O)N1C=C2CC1CC2N1CCCCC1. The third kappa shape index (κ3) is 4.86. The van der Waals surface area contributed by atoms with Crippen LogP contribution in [0.3, 0.4) is 0 Å². The molecule has 2 aromatic carbocycles. The number of nitrogens with one attached hydrogen (secondary N) is 1. The second-order valence-corrected chi connectivity index (χ2v) is 12.0. The molecule has 216 valence electrons. The van der Waals surface area contributed by atoms with Crippen LogP contribution >= 0.6 is 11.3 Å². The molecule has 9 heteroatoms. The van der Waals surface area contributed by atoms with Gasteiger partial charge in [0, 0.05) is 29.4 Å². The average molecular weight is 583 g/mol. The molecule has 0 radical (unpaired) electrons. The van der Waals surface area contributed by atoms with Gasteiger partial charge < -0.3 is 19.2 Å². The highest BCUT2D eigenvalue weighted by molar-refractivity contribution is 7.13. The Morgan fingerprint density at radius 3 is 2.38 bits per heavy atom. The lowest BCUT2D eigenvalue weighted by molar-refractivity contribution is 0.137. The predicted molar refractivity (Wildman–Crippen MR) is 164 cm³/mol. The van der Waals surface area contributed by atoms with Crippen LogP contribution in [0.25, 0.3) is 33.2 Å². The number of ether oxygens (including phenoxy) is 3. The van der Waals surface area contributed by atoms with Crippen LogP contribution in [-0.4, -0.2) is 65.3 Å². The van der Waals surface area contributed by atoms with Crippen LogP contribution in [0.5, 0.6) is 17.2 Å². The molecule has 2 unspecified atom stereocenters. The number of likely N-dealkylation sites (tertiary alicyclic amines) is 1. The molecule has 1 aliphatic carbocycles. The van der Waals surface area contributed by atoms with E-state index in [0.29, 0.717) is 23.4 Å². The number of thiophene rings is 1. The molecule has 1 amide bonds.